The number of nitrogens with one attached hydrogen (secondary N) is 6. The Kier molecular flexibility index (Phi) is 11.4. The minimum atomic E-state index is -0.372. The molecule has 0 bridgehead atoms. The lowest BCUT2D eigenvalue weighted by atomic mass is 10.1. The first-order valence-electron chi connectivity index (χ1n) is 22.8. The summed E-state index contributed by atoms with van der Waals surface area (Å²) in [5, 5.41) is 25.3. The Morgan fingerprint density at radius 2 is 0.901 bits per heavy atom. The summed E-state index contributed by atoms with van der Waals surface area (Å²) in [6.07, 6.45) is 0. The van der Waals surface area contributed by atoms with E-state index in [1.54, 1.807) is 23.1 Å². The maximum Gasteiger partial charge on any atom is 0.337 e. The third kappa shape index (κ3) is 8.61. The number of amides is 1. The number of carbonyl (C=O) groups excluding carboxylic acids is 2. The van der Waals surface area contributed by atoms with Crippen molar-refractivity contribution in [2.45, 2.75) is 20.4 Å². The molecule has 6 N–H and O–H groups in total. The van der Waals surface area contributed by atoms with Crippen molar-refractivity contribution in [2.24, 2.45) is 0 Å². The molecule has 6 aromatic heterocycles. The molecule has 7 aromatic carbocycles. The van der Waals surface area contributed by atoms with E-state index in [1.165, 1.54) is 18.2 Å². The van der Waals surface area contributed by atoms with Crippen molar-refractivity contribution in [3.05, 3.63) is 179 Å². The minimum Gasteiger partial charge on any atom is -0.465 e. The van der Waals surface area contributed by atoms with Gasteiger partial charge in [-0.05, 0) is 97.3 Å². The number of hydrogen-bond donors (Lipinski definition) is 6. The first kappa shape index (κ1) is 43.8. The largest absolute Gasteiger partial charge is 0.465 e. The molecule has 348 valence electrons. The smallest absolute Gasteiger partial charge is 0.337 e. The minimum absolute atomic E-state index is 0.0304. The van der Waals surface area contributed by atoms with Gasteiger partial charge in [-0.3, -0.25) is 20.1 Å². The van der Waals surface area contributed by atoms with Gasteiger partial charge in [0.2, 0.25) is 0 Å². The van der Waals surface area contributed by atoms with Crippen molar-refractivity contribution in [2.75, 3.05) is 14.2 Å². The van der Waals surface area contributed by atoms with Crippen LogP contribution in [-0.4, -0.2) is 91.4 Å². The lowest BCUT2D eigenvalue weighted by molar-refractivity contribution is 0.0600. The van der Waals surface area contributed by atoms with Gasteiger partial charge in [-0.15, -0.1) is 0 Å². The van der Waals surface area contributed by atoms with Crippen LogP contribution in [0.4, 0.5) is 0 Å². The maximum absolute atomic E-state index is 12.9. The quantitative estimate of drug-likeness (QED) is 0.0836. The topological polar surface area (TPSA) is 219 Å². The molecule has 0 aliphatic carbocycles. The van der Waals surface area contributed by atoms with Crippen molar-refractivity contribution < 1.29 is 14.3 Å². The average molecular weight is 936 g/mol. The molecule has 0 spiro atoms. The maximum atomic E-state index is 12.9. The Labute approximate surface area is 404 Å². The molecule has 0 unspecified atom stereocenters. The van der Waals surface area contributed by atoms with Gasteiger partial charge in [0, 0.05) is 35.3 Å². The van der Waals surface area contributed by atoms with E-state index >= 15 is 0 Å². The molecule has 0 aliphatic rings. The fraction of sp³-hybridized carbons (Fsp3) is 0.0909. The van der Waals surface area contributed by atoms with E-state index in [-0.39, 0.29) is 11.9 Å². The van der Waals surface area contributed by atoms with Crippen LogP contribution in [0.5, 0.6) is 0 Å². The molecule has 0 atom stereocenters. The number of esters is 1. The molecule has 0 saturated carbocycles. The standard InChI is InChI=1S/C23H19N5O.C16H12N4O2.C16H14N4/c1-28(14-15-7-3-2-4-8-15)23(29)16-11-12-19-20(13-16)25-22(24-19)21-17-9-5-6-10-18(17)26-27-21;1-22-16(21)9-6-7-12-13(8-9)18-15(17-12)14-10-4-2-3-5-11(10)19-20-14;1-9-7-13-14(8-10(9)2)18-16(17-13)15-11-5-3-4-6-12(11)19-20-15/h2-13H,14H2,1H3,(H,24,25)(H,26,27);2-8H,1H3,(H,17,18)(H,19,20);3-8H,1-2H3,(H,17,18)(H,19,20). The molecular weight excluding hydrogens is 891 g/mol. The van der Waals surface area contributed by atoms with Gasteiger partial charge in [0.25, 0.3) is 5.91 Å². The highest BCUT2D eigenvalue weighted by Crippen LogP contribution is 2.30. The summed E-state index contributed by atoms with van der Waals surface area (Å²) in [6, 6.07) is 48.8. The van der Waals surface area contributed by atoms with Gasteiger partial charge in [0.05, 0.1) is 62.3 Å². The lowest BCUT2D eigenvalue weighted by Gasteiger charge is -2.17. The molecule has 0 saturated heterocycles. The van der Waals surface area contributed by atoms with Crippen LogP contribution < -0.4 is 0 Å². The average Bonchev–Trinajstić information content (AvgIpc) is 4.28. The summed E-state index contributed by atoms with van der Waals surface area (Å²) < 4.78 is 4.73. The summed E-state index contributed by atoms with van der Waals surface area (Å²) in [5.41, 5.74) is 15.2. The molecule has 6 heterocycles. The number of carbonyl (C=O) groups is 2. The molecule has 0 fully saturated rings. The molecule has 13 aromatic rings. The van der Waals surface area contributed by atoms with E-state index in [0.717, 1.165) is 94.3 Å². The number of hydrogen-bond acceptors (Lipinski definition) is 9. The first-order chi connectivity index (χ1) is 34.7. The van der Waals surface area contributed by atoms with Gasteiger partial charge >= 0.3 is 5.97 Å². The number of aryl methyl sites for hydroxylation is 2. The van der Waals surface area contributed by atoms with Crippen LogP contribution >= 0.6 is 0 Å². The Balaban J connectivity index is 0.000000118. The van der Waals surface area contributed by atoms with Gasteiger partial charge < -0.3 is 24.6 Å². The Hall–Kier alpha value is -9.70. The fourth-order valence-electron chi connectivity index (χ4n) is 8.58. The molecule has 0 aliphatic heterocycles. The van der Waals surface area contributed by atoms with E-state index in [9.17, 15) is 9.59 Å². The number of para-hydroxylation sites is 3. The number of nitrogens with zero attached hydrogens (tertiary/aromatic N) is 7. The van der Waals surface area contributed by atoms with Gasteiger partial charge in [-0.25, -0.2) is 19.7 Å². The van der Waals surface area contributed by atoms with E-state index in [2.05, 4.69) is 92.5 Å². The normalized spacial score (nSPS) is 11.3. The molecule has 0 radical (unpaired) electrons. The van der Waals surface area contributed by atoms with Gasteiger partial charge in [-0.1, -0.05) is 84.9 Å². The van der Waals surface area contributed by atoms with Crippen LogP contribution in [0.3, 0.4) is 0 Å². The monoisotopic (exact) mass is 935 g/mol. The second kappa shape index (κ2) is 18.4. The van der Waals surface area contributed by atoms with E-state index in [0.29, 0.717) is 29.3 Å². The highest BCUT2D eigenvalue weighted by Gasteiger charge is 2.18. The molecule has 16 heteroatoms. The zero-order chi connectivity index (χ0) is 48.6. The zero-order valence-electron chi connectivity index (χ0n) is 39.0. The number of methoxy groups -OCH3 is 1. The van der Waals surface area contributed by atoms with Crippen LogP contribution in [-0.2, 0) is 11.3 Å². The summed E-state index contributed by atoms with van der Waals surface area (Å²) >= 11 is 0. The number of aromatic amines is 6. The van der Waals surface area contributed by atoms with Crippen molar-refractivity contribution in [1.29, 1.82) is 0 Å². The summed E-state index contributed by atoms with van der Waals surface area (Å²) in [6.45, 7) is 4.78. The van der Waals surface area contributed by atoms with Crippen molar-refractivity contribution in [3.63, 3.8) is 0 Å². The lowest BCUT2D eigenvalue weighted by Crippen LogP contribution is -2.26. The van der Waals surface area contributed by atoms with Crippen molar-refractivity contribution in [3.8, 4) is 34.6 Å². The number of rotatable bonds is 7. The van der Waals surface area contributed by atoms with E-state index in [1.807, 2.05) is 122 Å². The van der Waals surface area contributed by atoms with Crippen LogP contribution in [0.1, 0.15) is 37.4 Å². The number of imidazole rings is 3. The van der Waals surface area contributed by atoms with Gasteiger partial charge in [-0.2, -0.15) is 15.3 Å². The van der Waals surface area contributed by atoms with Crippen LogP contribution in [0.2, 0.25) is 0 Å². The number of aromatic nitrogens is 12. The molecule has 71 heavy (non-hydrogen) atoms. The highest BCUT2D eigenvalue weighted by molar-refractivity contribution is 5.99. The predicted octanol–water partition coefficient (Wildman–Crippen LogP) is 11.0. The predicted molar refractivity (Wildman–Crippen MR) is 277 cm³/mol. The van der Waals surface area contributed by atoms with Gasteiger partial charge in [0.15, 0.2) is 17.5 Å². The highest BCUT2D eigenvalue weighted by atomic mass is 16.5. The van der Waals surface area contributed by atoms with E-state index < -0.39 is 0 Å². The summed E-state index contributed by atoms with van der Waals surface area (Å²) in [5.74, 6) is 1.75. The van der Waals surface area contributed by atoms with Crippen LogP contribution in [0.15, 0.2) is 152 Å². The summed E-state index contributed by atoms with van der Waals surface area (Å²) in [4.78, 5) is 49.9. The number of ether oxygens (including phenoxy) is 1. The van der Waals surface area contributed by atoms with Crippen LogP contribution in [0.25, 0.3) is 100 Å². The van der Waals surface area contributed by atoms with Gasteiger partial charge in [0.1, 0.15) is 17.1 Å². The molecule has 13 rings (SSSR count). The summed E-state index contributed by atoms with van der Waals surface area (Å²) in [7, 11) is 3.18. The van der Waals surface area contributed by atoms with Crippen molar-refractivity contribution >= 4 is 77.7 Å². The number of fused-ring (bicyclic) bond motifs is 6. The molecule has 16 nitrogen and oxygen atoms in total. The first-order valence-corrected chi connectivity index (χ1v) is 22.8. The second-order valence-electron chi connectivity index (χ2n) is 17.2. The molecule has 1 amide bonds. The molecular formula is C55H45N13O3. The fourth-order valence-corrected chi connectivity index (χ4v) is 8.58. The number of benzene rings is 7. The second-order valence-corrected chi connectivity index (χ2v) is 17.2. The number of H-pyrrole nitrogens is 6. The van der Waals surface area contributed by atoms with E-state index in [4.69, 9.17) is 4.74 Å². The Morgan fingerprint density at radius 3 is 1.41 bits per heavy atom. The zero-order valence-corrected chi connectivity index (χ0v) is 39.0. The third-order valence-corrected chi connectivity index (χ3v) is 12.4. The Bertz CT molecular complexity index is 4040. The van der Waals surface area contributed by atoms with Crippen molar-refractivity contribution in [1.82, 2.24) is 65.4 Å². The van der Waals surface area contributed by atoms with Crippen LogP contribution in [0, 0.1) is 13.8 Å². The SMILES string of the molecule is CN(Cc1ccccc1)C(=O)c1ccc2nc(-c3n[nH]c4ccccc34)[nH]c2c1.COC(=O)c1ccc2nc(-c3n[nH]c4ccccc34)[nH]c2c1.Cc1cc2nc(-c3n[nH]c4ccccc34)[nH]c2cc1C. The Morgan fingerprint density at radius 1 is 0.479 bits per heavy atom. The third-order valence-electron chi connectivity index (χ3n) is 12.4.